The summed E-state index contributed by atoms with van der Waals surface area (Å²) >= 11 is 0. The van der Waals surface area contributed by atoms with Gasteiger partial charge in [-0.1, -0.05) is 43.2 Å². The monoisotopic (exact) mass is 270 g/mol. The van der Waals surface area contributed by atoms with Crippen LogP contribution in [-0.4, -0.2) is 22.5 Å². The highest BCUT2D eigenvalue weighted by atomic mass is 16.5. The van der Waals surface area contributed by atoms with Gasteiger partial charge in [-0.25, -0.2) is 4.98 Å². The zero-order valence-corrected chi connectivity index (χ0v) is 11.3. The van der Waals surface area contributed by atoms with Gasteiger partial charge in [0.2, 0.25) is 0 Å². The SMILES string of the molecule is O=COC(Cc1ncc(-c2ccccc2)[nH]1)CC1CC1. The van der Waals surface area contributed by atoms with Gasteiger partial charge in [0.05, 0.1) is 11.9 Å². The predicted octanol–water partition coefficient (Wildman–Crippen LogP) is 2.96. The van der Waals surface area contributed by atoms with E-state index in [1.807, 2.05) is 36.5 Å². The predicted molar refractivity (Wildman–Crippen MR) is 76.0 cm³/mol. The first-order chi connectivity index (χ1) is 9.85. The number of nitrogens with one attached hydrogen (secondary N) is 1. The third kappa shape index (κ3) is 3.26. The summed E-state index contributed by atoms with van der Waals surface area (Å²) in [6.45, 7) is 0.550. The maximum Gasteiger partial charge on any atom is 0.293 e. The molecule has 1 aromatic heterocycles. The van der Waals surface area contributed by atoms with Crippen LogP contribution in [0, 0.1) is 5.92 Å². The van der Waals surface area contributed by atoms with Gasteiger partial charge in [-0.15, -0.1) is 0 Å². The molecule has 104 valence electrons. The summed E-state index contributed by atoms with van der Waals surface area (Å²) in [5, 5.41) is 0. The Balaban J connectivity index is 1.67. The molecular weight excluding hydrogens is 252 g/mol. The van der Waals surface area contributed by atoms with Gasteiger partial charge in [0.15, 0.2) is 0 Å². The third-order valence-electron chi connectivity index (χ3n) is 3.68. The smallest absolute Gasteiger partial charge is 0.293 e. The molecule has 2 aromatic rings. The van der Waals surface area contributed by atoms with Crippen LogP contribution in [-0.2, 0) is 16.0 Å². The molecular formula is C16H18N2O2. The topological polar surface area (TPSA) is 55.0 Å². The highest BCUT2D eigenvalue weighted by Crippen LogP contribution is 2.34. The molecule has 4 heteroatoms. The zero-order chi connectivity index (χ0) is 13.8. The highest BCUT2D eigenvalue weighted by molar-refractivity contribution is 5.58. The van der Waals surface area contributed by atoms with E-state index in [1.54, 1.807) is 0 Å². The van der Waals surface area contributed by atoms with E-state index in [-0.39, 0.29) is 6.10 Å². The lowest BCUT2D eigenvalue weighted by Gasteiger charge is -2.12. The quantitative estimate of drug-likeness (QED) is 0.787. The Morgan fingerprint density at radius 3 is 2.85 bits per heavy atom. The van der Waals surface area contributed by atoms with Crippen LogP contribution < -0.4 is 0 Å². The molecule has 1 atom stereocenters. The van der Waals surface area contributed by atoms with Crippen molar-refractivity contribution < 1.29 is 9.53 Å². The second-order valence-corrected chi connectivity index (χ2v) is 5.35. The van der Waals surface area contributed by atoms with E-state index in [0.29, 0.717) is 12.9 Å². The van der Waals surface area contributed by atoms with Crippen molar-refractivity contribution in [1.29, 1.82) is 0 Å². The maximum atomic E-state index is 10.6. The van der Waals surface area contributed by atoms with Crippen molar-refractivity contribution in [2.24, 2.45) is 5.92 Å². The van der Waals surface area contributed by atoms with Crippen LogP contribution in [0.2, 0.25) is 0 Å². The minimum absolute atomic E-state index is 0.0604. The van der Waals surface area contributed by atoms with Gasteiger partial charge in [0.25, 0.3) is 6.47 Å². The molecule has 0 saturated heterocycles. The van der Waals surface area contributed by atoms with Crippen LogP contribution in [0.25, 0.3) is 11.3 Å². The number of nitrogens with zero attached hydrogens (tertiary/aromatic N) is 1. The largest absolute Gasteiger partial charge is 0.464 e. The number of hydrogen-bond acceptors (Lipinski definition) is 3. The Kier molecular flexibility index (Phi) is 3.81. The Bertz CT molecular complexity index is 561. The molecule has 0 bridgehead atoms. The van der Waals surface area contributed by atoms with Crippen molar-refractivity contribution in [3.05, 3.63) is 42.4 Å². The fourth-order valence-corrected chi connectivity index (χ4v) is 2.44. The maximum absolute atomic E-state index is 10.6. The van der Waals surface area contributed by atoms with Gasteiger partial charge < -0.3 is 9.72 Å². The average Bonchev–Trinajstić information content (AvgIpc) is 3.16. The molecule has 1 N–H and O–H groups in total. The standard InChI is InChI=1S/C16H18N2O2/c19-11-20-14(8-12-6-7-12)9-16-17-10-15(18-16)13-4-2-1-3-5-13/h1-5,10-12,14H,6-9H2,(H,17,18). The number of aromatic amines is 1. The Hall–Kier alpha value is -2.10. The molecule has 1 fully saturated rings. The molecule has 1 unspecified atom stereocenters. The fourth-order valence-electron chi connectivity index (χ4n) is 2.44. The lowest BCUT2D eigenvalue weighted by Crippen LogP contribution is -2.17. The van der Waals surface area contributed by atoms with Gasteiger partial charge in [0.1, 0.15) is 11.9 Å². The summed E-state index contributed by atoms with van der Waals surface area (Å²) in [6, 6.07) is 10.1. The summed E-state index contributed by atoms with van der Waals surface area (Å²) in [4.78, 5) is 18.3. The van der Waals surface area contributed by atoms with Crippen molar-refractivity contribution in [3.8, 4) is 11.3 Å². The van der Waals surface area contributed by atoms with Crippen LogP contribution in [0.1, 0.15) is 25.1 Å². The summed E-state index contributed by atoms with van der Waals surface area (Å²) in [7, 11) is 0. The number of H-pyrrole nitrogens is 1. The molecule has 1 heterocycles. The minimum atomic E-state index is -0.0604. The van der Waals surface area contributed by atoms with Crippen molar-refractivity contribution in [2.75, 3.05) is 0 Å². The number of imidazole rings is 1. The second-order valence-electron chi connectivity index (χ2n) is 5.35. The van der Waals surface area contributed by atoms with Crippen LogP contribution in [0.4, 0.5) is 0 Å². The molecule has 0 aliphatic heterocycles. The molecule has 0 spiro atoms. The molecule has 1 aliphatic carbocycles. The fraction of sp³-hybridized carbons (Fsp3) is 0.375. The number of carbonyl (C=O) groups excluding carboxylic acids is 1. The summed E-state index contributed by atoms with van der Waals surface area (Å²) in [5.74, 6) is 1.60. The van der Waals surface area contributed by atoms with Crippen LogP contribution in [0.3, 0.4) is 0 Å². The zero-order valence-electron chi connectivity index (χ0n) is 11.3. The van der Waals surface area contributed by atoms with Crippen molar-refractivity contribution in [1.82, 2.24) is 9.97 Å². The number of rotatable bonds is 7. The van der Waals surface area contributed by atoms with E-state index in [2.05, 4.69) is 9.97 Å². The number of hydrogen-bond donors (Lipinski definition) is 1. The van der Waals surface area contributed by atoms with Gasteiger partial charge in [-0.3, -0.25) is 4.79 Å². The Labute approximate surface area is 118 Å². The minimum Gasteiger partial charge on any atom is -0.464 e. The highest BCUT2D eigenvalue weighted by Gasteiger charge is 2.27. The normalized spacial score (nSPS) is 15.8. The molecule has 20 heavy (non-hydrogen) atoms. The number of benzene rings is 1. The van der Waals surface area contributed by atoms with E-state index >= 15 is 0 Å². The summed E-state index contributed by atoms with van der Waals surface area (Å²) in [5.41, 5.74) is 2.11. The molecule has 0 amide bonds. The molecule has 3 rings (SSSR count). The number of aromatic nitrogens is 2. The molecule has 0 radical (unpaired) electrons. The first-order valence-electron chi connectivity index (χ1n) is 7.03. The van der Waals surface area contributed by atoms with Crippen LogP contribution in [0.15, 0.2) is 36.5 Å². The third-order valence-corrected chi connectivity index (χ3v) is 3.68. The molecule has 1 aromatic carbocycles. The number of ether oxygens (including phenoxy) is 1. The Morgan fingerprint density at radius 2 is 2.15 bits per heavy atom. The lowest BCUT2D eigenvalue weighted by molar-refractivity contribution is -0.134. The van der Waals surface area contributed by atoms with Gasteiger partial charge in [-0.2, -0.15) is 0 Å². The summed E-state index contributed by atoms with van der Waals surface area (Å²) in [6.07, 6.45) is 5.88. The lowest BCUT2D eigenvalue weighted by atomic mass is 10.1. The van der Waals surface area contributed by atoms with E-state index in [4.69, 9.17) is 4.74 Å². The molecule has 4 nitrogen and oxygen atoms in total. The molecule has 1 aliphatic rings. The first-order valence-corrected chi connectivity index (χ1v) is 7.03. The van der Waals surface area contributed by atoms with Crippen LogP contribution in [0.5, 0.6) is 0 Å². The van der Waals surface area contributed by atoms with Gasteiger partial charge in [-0.05, 0) is 17.9 Å². The van der Waals surface area contributed by atoms with Crippen molar-refractivity contribution in [2.45, 2.75) is 31.8 Å². The number of carbonyl (C=O) groups is 1. The Morgan fingerprint density at radius 1 is 1.35 bits per heavy atom. The van der Waals surface area contributed by atoms with Crippen molar-refractivity contribution >= 4 is 6.47 Å². The van der Waals surface area contributed by atoms with E-state index in [1.165, 1.54) is 12.8 Å². The second kappa shape index (κ2) is 5.90. The van der Waals surface area contributed by atoms with Gasteiger partial charge >= 0.3 is 0 Å². The van der Waals surface area contributed by atoms with E-state index < -0.39 is 0 Å². The summed E-state index contributed by atoms with van der Waals surface area (Å²) < 4.78 is 5.17. The molecule has 1 saturated carbocycles. The van der Waals surface area contributed by atoms with Gasteiger partial charge in [0, 0.05) is 6.42 Å². The van der Waals surface area contributed by atoms with E-state index in [9.17, 15) is 4.79 Å². The van der Waals surface area contributed by atoms with E-state index in [0.717, 1.165) is 29.4 Å². The van der Waals surface area contributed by atoms with Crippen LogP contribution >= 0.6 is 0 Å². The average molecular weight is 270 g/mol. The first kappa shape index (κ1) is 12.9. The van der Waals surface area contributed by atoms with Crippen molar-refractivity contribution in [3.63, 3.8) is 0 Å².